The van der Waals surface area contributed by atoms with E-state index in [9.17, 15) is 0 Å². The Kier molecular flexibility index (Phi) is 4.51. The second kappa shape index (κ2) is 5.93. The SMILES string of the molecule is CCOc1ccc(Br)cc1C(Br)c1ccc(C)o1. The van der Waals surface area contributed by atoms with Crippen molar-refractivity contribution in [3.63, 3.8) is 0 Å². The molecule has 2 rings (SSSR count). The zero-order valence-corrected chi connectivity index (χ0v) is 13.4. The molecule has 0 amide bonds. The number of ether oxygens (including phenoxy) is 1. The summed E-state index contributed by atoms with van der Waals surface area (Å²) in [5.74, 6) is 2.66. The number of hydrogen-bond donors (Lipinski definition) is 0. The van der Waals surface area contributed by atoms with Gasteiger partial charge in [0.05, 0.1) is 6.61 Å². The van der Waals surface area contributed by atoms with Crippen LogP contribution in [0.1, 0.15) is 28.8 Å². The van der Waals surface area contributed by atoms with E-state index in [4.69, 9.17) is 9.15 Å². The Balaban J connectivity index is 2.39. The summed E-state index contributed by atoms with van der Waals surface area (Å²) in [5.41, 5.74) is 1.06. The number of hydrogen-bond acceptors (Lipinski definition) is 2. The first kappa shape index (κ1) is 13.7. The van der Waals surface area contributed by atoms with Crippen LogP contribution in [0.3, 0.4) is 0 Å². The number of furan rings is 1. The van der Waals surface area contributed by atoms with E-state index in [0.717, 1.165) is 27.3 Å². The molecule has 1 atom stereocenters. The lowest BCUT2D eigenvalue weighted by atomic mass is 10.1. The molecular weight excluding hydrogens is 360 g/mol. The summed E-state index contributed by atoms with van der Waals surface area (Å²) in [7, 11) is 0. The van der Waals surface area contributed by atoms with Gasteiger partial charge in [0.1, 0.15) is 22.1 Å². The van der Waals surface area contributed by atoms with E-state index < -0.39 is 0 Å². The molecule has 96 valence electrons. The van der Waals surface area contributed by atoms with Crippen LogP contribution in [-0.4, -0.2) is 6.61 Å². The molecule has 0 aliphatic rings. The fourth-order valence-corrected chi connectivity index (χ4v) is 2.73. The van der Waals surface area contributed by atoms with E-state index in [-0.39, 0.29) is 4.83 Å². The van der Waals surface area contributed by atoms with Gasteiger partial charge in [-0.25, -0.2) is 0 Å². The first-order valence-electron chi connectivity index (χ1n) is 5.74. The third-order valence-corrected chi connectivity index (χ3v) is 3.99. The average Bonchev–Trinajstić information content (AvgIpc) is 2.77. The average molecular weight is 374 g/mol. The first-order chi connectivity index (χ1) is 8.61. The molecule has 2 nitrogen and oxygen atoms in total. The Morgan fingerprint density at radius 3 is 2.67 bits per heavy atom. The first-order valence-corrected chi connectivity index (χ1v) is 7.45. The molecule has 4 heteroatoms. The van der Waals surface area contributed by atoms with Gasteiger partial charge in [-0.2, -0.15) is 0 Å². The van der Waals surface area contributed by atoms with Crippen LogP contribution >= 0.6 is 31.9 Å². The van der Waals surface area contributed by atoms with Crippen LogP contribution in [0.15, 0.2) is 39.2 Å². The van der Waals surface area contributed by atoms with Crippen LogP contribution in [0.25, 0.3) is 0 Å². The van der Waals surface area contributed by atoms with Gasteiger partial charge in [0.2, 0.25) is 0 Å². The van der Waals surface area contributed by atoms with Crippen molar-refractivity contribution in [1.82, 2.24) is 0 Å². The van der Waals surface area contributed by atoms with Crippen LogP contribution in [0.2, 0.25) is 0 Å². The van der Waals surface area contributed by atoms with Gasteiger partial charge in [-0.15, -0.1) is 0 Å². The molecule has 0 radical (unpaired) electrons. The molecule has 1 aromatic carbocycles. The van der Waals surface area contributed by atoms with Crippen LogP contribution in [0.4, 0.5) is 0 Å². The molecule has 0 N–H and O–H groups in total. The van der Waals surface area contributed by atoms with E-state index in [2.05, 4.69) is 31.9 Å². The van der Waals surface area contributed by atoms with Crippen molar-refractivity contribution < 1.29 is 9.15 Å². The smallest absolute Gasteiger partial charge is 0.124 e. The maximum Gasteiger partial charge on any atom is 0.124 e. The number of halogens is 2. The largest absolute Gasteiger partial charge is 0.494 e. The highest BCUT2D eigenvalue weighted by Crippen LogP contribution is 2.38. The molecule has 0 aliphatic heterocycles. The van der Waals surface area contributed by atoms with Crippen molar-refractivity contribution in [2.75, 3.05) is 6.61 Å². The van der Waals surface area contributed by atoms with Crippen LogP contribution < -0.4 is 4.74 Å². The van der Waals surface area contributed by atoms with E-state index in [1.165, 1.54) is 0 Å². The lowest BCUT2D eigenvalue weighted by Gasteiger charge is -2.14. The fraction of sp³-hybridized carbons (Fsp3) is 0.286. The maximum atomic E-state index is 5.65. The highest BCUT2D eigenvalue weighted by molar-refractivity contribution is 9.10. The molecule has 18 heavy (non-hydrogen) atoms. The Hall–Kier alpha value is -0.740. The lowest BCUT2D eigenvalue weighted by molar-refractivity contribution is 0.336. The van der Waals surface area contributed by atoms with E-state index in [1.54, 1.807) is 0 Å². The van der Waals surface area contributed by atoms with Crippen LogP contribution in [0.5, 0.6) is 5.75 Å². The molecule has 0 fully saturated rings. The van der Waals surface area contributed by atoms with Gasteiger partial charge in [0.15, 0.2) is 0 Å². The molecular formula is C14H14Br2O2. The zero-order chi connectivity index (χ0) is 13.1. The van der Waals surface area contributed by atoms with Crippen molar-refractivity contribution in [3.8, 4) is 5.75 Å². The predicted octanol–water partition coefficient (Wildman–Crippen LogP) is 5.23. The molecule has 0 spiro atoms. The topological polar surface area (TPSA) is 22.4 Å². The standard InChI is InChI=1S/C14H14Br2O2/c1-3-17-12-7-5-10(15)8-11(12)14(16)13-6-4-9(2)18-13/h4-8,14H,3H2,1-2H3. The summed E-state index contributed by atoms with van der Waals surface area (Å²) in [6.07, 6.45) is 0. The predicted molar refractivity (Wildman–Crippen MR) is 79.5 cm³/mol. The van der Waals surface area contributed by atoms with Gasteiger partial charge in [-0.05, 0) is 44.2 Å². The molecule has 1 aromatic heterocycles. The molecule has 0 saturated heterocycles. The van der Waals surface area contributed by atoms with Gasteiger partial charge in [-0.3, -0.25) is 0 Å². The molecule has 1 unspecified atom stereocenters. The highest BCUT2D eigenvalue weighted by Gasteiger charge is 2.18. The summed E-state index contributed by atoms with van der Waals surface area (Å²) < 4.78 is 12.3. The van der Waals surface area contributed by atoms with Gasteiger partial charge >= 0.3 is 0 Å². The second-order valence-corrected chi connectivity index (χ2v) is 5.76. The van der Waals surface area contributed by atoms with Gasteiger partial charge in [0, 0.05) is 10.0 Å². The van der Waals surface area contributed by atoms with Crippen molar-refractivity contribution in [2.45, 2.75) is 18.7 Å². The minimum absolute atomic E-state index is 0.00903. The van der Waals surface area contributed by atoms with E-state index in [0.29, 0.717) is 6.61 Å². The molecule has 0 saturated carbocycles. The van der Waals surface area contributed by atoms with E-state index >= 15 is 0 Å². The number of benzene rings is 1. The molecule has 0 aliphatic carbocycles. The Bertz CT molecular complexity index is 534. The lowest BCUT2D eigenvalue weighted by Crippen LogP contribution is -1.99. The van der Waals surface area contributed by atoms with Crippen LogP contribution in [-0.2, 0) is 0 Å². The number of rotatable bonds is 4. The summed E-state index contributed by atoms with van der Waals surface area (Å²) in [6, 6.07) is 9.92. The number of aryl methyl sites for hydroxylation is 1. The highest BCUT2D eigenvalue weighted by atomic mass is 79.9. The van der Waals surface area contributed by atoms with Gasteiger partial charge < -0.3 is 9.15 Å². The fourth-order valence-electron chi connectivity index (χ4n) is 1.75. The van der Waals surface area contributed by atoms with Crippen molar-refractivity contribution in [2.24, 2.45) is 0 Å². The summed E-state index contributed by atoms with van der Waals surface area (Å²) in [5, 5.41) is 0. The summed E-state index contributed by atoms with van der Waals surface area (Å²) in [6.45, 7) is 4.56. The second-order valence-electron chi connectivity index (χ2n) is 3.93. The normalized spacial score (nSPS) is 12.4. The summed E-state index contributed by atoms with van der Waals surface area (Å²) in [4.78, 5) is -0.00903. The van der Waals surface area contributed by atoms with E-state index in [1.807, 2.05) is 44.2 Å². The molecule has 1 heterocycles. The van der Waals surface area contributed by atoms with Gasteiger partial charge in [0.25, 0.3) is 0 Å². The van der Waals surface area contributed by atoms with Gasteiger partial charge in [-0.1, -0.05) is 31.9 Å². The minimum Gasteiger partial charge on any atom is -0.494 e. The molecule has 0 bridgehead atoms. The Labute approximate surface area is 124 Å². The monoisotopic (exact) mass is 372 g/mol. The Morgan fingerprint density at radius 1 is 1.28 bits per heavy atom. The van der Waals surface area contributed by atoms with Crippen LogP contribution in [0, 0.1) is 6.92 Å². The van der Waals surface area contributed by atoms with Crippen molar-refractivity contribution >= 4 is 31.9 Å². The van der Waals surface area contributed by atoms with Crippen molar-refractivity contribution in [1.29, 1.82) is 0 Å². The number of alkyl halides is 1. The summed E-state index contributed by atoms with van der Waals surface area (Å²) >= 11 is 7.15. The minimum atomic E-state index is -0.00903. The molecule has 2 aromatic rings. The third kappa shape index (κ3) is 2.98. The zero-order valence-electron chi connectivity index (χ0n) is 10.2. The Morgan fingerprint density at radius 2 is 2.06 bits per heavy atom. The quantitative estimate of drug-likeness (QED) is 0.684. The van der Waals surface area contributed by atoms with Crippen molar-refractivity contribution in [3.05, 3.63) is 51.9 Å². The third-order valence-electron chi connectivity index (χ3n) is 2.56. The maximum absolute atomic E-state index is 5.65.